The van der Waals surface area contributed by atoms with Crippen LogP contribution in [0.3, 0.4) is 0 Å². The molecule has 8 nitrogen and oxygen atoms in total. The van der Waals surface area contributed by atoms with Gasteiger partial charge in [-0.3, -0.25) is 9.48 Å². The van der Waals surface area contributed by atoms with Crippen molar-refractivity contribution in [2.45, 2.75) is 38.6 Å². The van der Waals surface area contributed by atoms with E-state index >= 15 is 0 Å². The maximum absolute atomic E-state index is 13.0. The zero-order chi connectivity index (χ0) is 22.2. The molecule has 0 saturated heterocycles. The van der Waals surface area contributed by atoms with Crippen molar-refractivity contribution in [3.05, 3.63) is 77.3 Å². The molecule has 5 rings (SSSR count). The van der Waals surface area contributed by atoms with E-state index in [1.807, 2.05) is 54.3 Å². The summed E-state index contributed by atoms with van der Waals surface area (Å²) in [6.45, 7) is 2.73. The number of ether oxygens (including phenoxy) is 1. The van der Waals surface area contributed by atoms with E-state index in [0.717, 1.165) is 23.4 Å². The Balaban J connectivity index is 1.76. The molecule has 3 heterocycles. The predicted octanol–water partition coefficient (Wildman–Crippen LogP) is 3.57. The first-order chi connectivity index (χ1) is 15.6. The molecule has 1 atom stereocenters. The van der Waals surface area contributed by atoms with E-state index in [4.69, 9.17) is 15.6 Å². The molecule has 1 aromatic carbocycles. The summed E-state index contributed by atoms with van der Waals surface area (Å²) in [4.78, 5) is 13.0. The molecule has 1 aliphatic carbocycles. The number of allylic oxidation sites excluding steroid dienone is 3. The molecule has 8 heteroatoms. The van der Waals surface area contributed by atoms with Crippen LogP contribution in [0.15, 0.2) is 71.7 Å². The third-order valence-corrected chi connectivity index (χ3v) is 5.91. The van der Waals surface area contributed by atoms with Crippen LogP contribution in [-0.2, 0) is 16.1 Å². The summed E-state index contributed by atoms with van der Waals surface area (Å²) in [5.74, 6) is -0.0350. The number of rotatable bonds is 4. The fourth-order valence-corrected chi connectivity index (χ4v) is 4.36. The van der Waals surface area contributed by atoms with E-state index in [1.165, 1.54) is 0 Å². The molecule has 3 aromatic rings. The van der Waals surface area contributed by atoms with E-state index in [2.05, 4.69) is 11.2 Å². The minimum atomic E-state index is -0.631. The maximum Gasteiger partial charge on any atom is 0.205 e. The van der Waals surface area contributed by atoms with Crippen molar-refractivity contribution >= 4 is 5.78 Å². The van der Waals surface area contributed by atoms with Crippen LogP contribution in [0.2, 0.25) is 0 Å². The van der Waals surface area contributed by atoms with Crippen LogP contribution in [0.4, 0.5) is 0 Å². The number of ketones is 1. The Hall–Kier alpha value is -4.12. The van der Waals surface area contributed by atoms with E-state index in [9.17, 15) is 10.1 Å². The number of nitrogens with two attached hydrogens (primary N) is 1. The average Bonchev–Trinajstić information content (AvgIpc) is 3.46. The maximum atomic E-state index is 13.0. The van der Waals surface area contributed by atoms with Crippen molar-refractivity contribution < 1.29 is 9.53 Å². The standard InChI is InChI=1S/C24H22N6O2/c1-2-29-13-15(12-27-29)23-18(14-30(28-23)16-7-4-3-5-8-16)21-17(11-25)24(26)32-20-10-6-9-19(31)22(20)21/h3-5,7-8,12-14,21H,2,6,9-10,26H2,1H3/t21-/m1/s1. The number of Topliss-reactive ketones (excluding diaryl/α,β-unsaturated/α-hetero) is 1. The minimum Gasteiger partial charge on any atom is -0.444 e. The van der Waals surface area contributed by atoms with Gasteiger partial charge in [0.2, 0.25) is 5.88 Å². The third kappa shape index (κ3) is 3.19. The van der Waals surface area contributed by atoms with E-state index in [-0.39, 0.29) is 17.2 Å². The molecule has 0 radical (unpaired) electrons. The van der Waals surface area contributed by atoms with Crippen LogP contribution in [0.25, 0.3) is 16.9 Å². The smallest absolute Gasteiger partial charge is 0.205 e. The zero-order valence-electron chi connectivity index (χ0n) is 17.7. The predicted molar refractivity (Wildman–Crippen MR) is 117 cm³/mol. The van der Waals surface area contributed by atoms with Gasteiger partial charge in [-0.1, -0.05) is 18.2 Å². The lowest BCUT2D eigenvalue weighted by Gasteiger charge is -2.30. The molecule has 2 aliphatic rings. The van der Waals surface area contributed by atoms with Gasteiger partial charge in [0.1, 0.15) is 23.1 Å². The Morgan fingerprint density at radius 3 is 2.78 bits per heavy atom. The molecule has 0 amide bonds. The van der Waals surface area contributed by atoms with Crippen molar-refractivity contribution in [1.29, 1.82) is 5.26 Å². The van der Waals surface area contributed by atoms with Gasteiger partial charge in [0, 0.05) is 48.5 Å². The Kier molecular flexibility index (Phi) is 4.86. The first-order valence-electron chi connectivity index (χ1n) is 10.6. The Morgan fingerprint density at radius 1 is 1.25 bits per heavy atom. The van der Waals surface area contributed by atoms with E-state index in [0.29, 0.717) is 36.3 Å². The van der Waals surface area contributed by atoms with Crippen LogP contribution in [0.5, 0.6) is 0 Å². The van der Waals surface area contributed by atoms with Gasteiger partial charge in [0.25, 0.3) is 0 Å². The van der Waals surface area contributed by atoms with Crippen LogP contribution in [0, 0.1) is 11.3 Å². The molecule has 2 N–H and O–H groups in total. The topological polar surface area (TPSA) is 112 Å². The van der Waals surface area contributed by atoms with Gasteiger partial charge in [-0.25, -0.2) is 4.68 Å². The molecule has 0 spiro atoms. The highest BCUT2D eigenvalue weighted by molar-refractivity contribution is 5.99. The van der Waals surface area contributed by atoms with Crippen LogP contribution >= 0.6 is 0 Å². The van der Waals surface area contributed by atoms with Gasteiger partial charge < -0.3 is 10.5 Å². The lowest BCUT2D eigenvalue weighted by molar-refractivity contribution is -0.116. The van der Waals surface area contributed by atoms with Crippen molar-refractivity contribution in [1.82, 2.24) is 19.6 Å². The minimum absolute atomic E-state index is 0.0147. The summed E-state index contributed by atoms with van der Waals surface area (Å²) >= 11 is 0. The third-order valence-electron chi connectivity index (χ3n) is 5.91. The number of carbonyl (C=O) groups excluding carboxylic acids is 1. The zero-order valence-corrected chi connectivity index (χ0v) is 17.7. The summed E-state index contributed by atoms with van der Waals surface area (Å²) in [6, 6.07) is 11.9. The molecule has 0 fully saturated rings. The fourth-order valence-electron chi connectivity index (χ4n) is 4.36. The highest BCUT2D eigenvalue weighted by atomic mass is 16.5. The van der Waals surface area contributed by atoms with Gasteiger partial charge in [0.15, 0.2) is 5.78 Å². The summed E-state index contributed by atoms with van der Waals surface area (Å²) in [5.41, 5.74) is 9.96. The van der Waals surface area contributed by atoms with Crippen molar-refractivity contribution in [2.75, 3.05) is 0 Å². The molecule has 2 aromatic heterocycles. The van der Waals surface area contributed by atoms with E-state index in [1.54, 1.807) is 10.9 Å². The Bertz CT molecular complexity index is 1310. The molecular weight excluding hydrogens is 404 g/mol. The van der Waals surface area contributed by atoms with Crippen molar-refractivity contribution in [3.8, 4) is 23.0 Å². The lowest BCUT2D eigenvalue weighted by Crippen LogP contribution is -2.27. The lowest BCUT2D eigenvalue weighted by atomic mass is 9.77. The number of nitrogens with zero attached hydrogens (tertiary/aromatic N) is 5. The average molecular weight is 426 g/mol. The number of benzene rings is 1. The largest absolute Gasteiger partial charge is 0.444 e. The van der Waals surface area contributed by atoms with E-state index < -0.39 is 5.92 Å². The Labute approximate surface area is 185 Å². The van der Waals surface area contributed by atoms with Crippen molar-refractivity contribution in [3.63, 3.8) is 0 Å². The second-order valence-corrected chi connectivity index (χ2v) is 7.84. The number of aryl methyl sites for hydroxylation is 1. The number of hydrogen-bond donors (Lipinski definition) is 1. The molecule has 32 heavy (non-hydrogen) atoms. The normalized spacial score (nSPS) is 18.4. The highest BCUT2D eigenvalue weighted by Gasteiger charge is 2.40. The first-order valence-corrected chi connectivity index (χ1v) is 10.6. The van der Waals surface area contributed by atoms with Crippen LogP contribution in [-0.4, -0.2) is 25.3 Å². The number of hydrogen-bond acceptors (Lipinski definition) is 6. The Morgan fingerprint density at radius 2 is 2.06 bits per heavy atom. The number of carbonyl (C=O) groups is 1. The molecule has 0 saturated carbocycles. The monoisotopic (exact) mass is 426 g/mol. The van der Waals surface area contributed by atoms with Gasteiger partial charge in [-0.05, 0) is 25.5 Å². The second kappa shape index (κ2) is 7.85. The van der Waals surface area contributed by atoms with Crippen LogP contribution < -0.4 is 5.73 Å². The second-order valence-electron chi connectivity index (χ2n) is 7.84. The fraction of sp³-hybridized carbons (Fsp3) is 0.250. The summed E-state index contributed by atoms with van der Waals surface area (Å²) in [7, 11) is 0. The number of nitriles is 1. The summed E-state index contributed by atoms with van der Waals surface area (Å²) in [5, 5.41) is 19.2. The molecule has 0 unspecified atom stereocenters. The van der Waals surface area contributed by atoms with Gasteiger partial charge in [-0.2, -0.15) is 15.5 Å². The van der Waals surface area contributed by atoms with Gasteiger partial charge in [-0.15, -0.1) is 0 Å². The first kappa shape index (κ1) is 19.8. The van der Waals surface area contributed by atoms with Gasteiger partial charge >= 0.3 is 0 Å². The number of aromatic nitrogens is 4. The highest BCUT2D eigenvalue weighted by Crippen LogP contribution is 2.45. The van der Waals surface area contributed by atoms with Gasteiger partial charge in [0.05, 0.1) is 17.8 Å². The van der Waals surface area contributed by atoms with Crippen LogP contribution in [0.1, 0.15) is 37.7 Å². The molecular formula is C24H22N6O2. The molecule has 1 aliphatic heterocycles. The molecule has 160 valence electrons. The quantitative estimate of drug-likeness (QED) is 0.683. The SMILES string of the molecule is CCn1cc(-c2nn(-c3ccccc3)cc2[C@H]2C(C#N)=C(N)OC3=C2C(=O)CCC3)cn1. The summed E-state index contributed by atoms with van der Waals surface area (Å²) in [6.07, 6.45) is 7.29. The molecule has 0 bridgehead atoms. The summed E-state index contributed by atoms with van der Waals surface area (Å²) < 4.78 is 9.31. The number of para-hydroxylation sites is 1. The van der Waals surface area contributed by atoms with Crippen molar-refractivity contribution in [2.24, 2.45) is 5.73 Å².